The monoisotopic (exact) mass is 397 g/mol. The van der Waals surface area contributed by atoms with E-state index in [-0.39, 0.29) is 0 Å². The van der Waals surface area contributed by atoms with E-state index in [4.69, 9.17) is 21.8 Å². The Balaban J connectivity index is 1.83. The fraction of sp³-hybridized carbons (Fsp3) is 0.160. The second-order valence-corrected chi connectivity index (χ2v) is 7.08. The third kappa shape index (κ3) is 3.61. The molecule has 30 heavy (non-hydrogen) atoms. The van der Waals surface area contributed by atoms with Crippen LogP contribution in [0, 0.1) is 13.5 Å². The summed E-state index contributed by atoms with van der Waals surface area (Å²) in [4.78, 5) is 3.61. The van der Waals surface area contributed by atoms with Crippen molar-refractivity contribution in [2.75, 3.05) is 26.1 Å². The number of methoxy groups -OCH3 is 1. The summed E-state index contributed by atoms with van der Waals surface area (Å²) in [6.07, 6.45) is 2.11. The molecule has 0 aliphatic rings. The van der Waals surface area contributed by atoms with Crippen molar-refractivity contribution in [1.82, 2.24) is 4.57 Å². The third-order valence-corrected chi connectivity index (χ3v) is 5.25. The van der Waals surface area contributed by atoms with Crippen molar-refractivity contribution in [1.29, 1.82) is 0 Å². The summed E-state index contributed by atoms with van der Waals surface area (Å²) >= 11 is 0. The van der Waals surface area contributed by atoms with Crippen molar-refractivity contribution in [2.24, 2.45) is 0 Å². The minimum Gasteiger partial charge on any atom is -0.491 e. The van der Waals surface area contributed by atoms with E-state index in [9.17, 15) is 0 Å². The molecule has 5 heteroatoms. The number of nitrogen functional groups attached to an aromatic ring is 1. The van der Waals surface area contributed by atoms with E-state index in [0.29, 0.717) is 18.9 Å². The van der Waals surface area contributed by atoms with Gasteiger partial charge in [0.2, 0.25) is 0 Å². The van der Waals surface area contributed by atoms with Gasteiger partial charge in [0.15, 0.2) is 5.69 Å². The Bertz CT molecular complexity index is 1230. The maximum atomic E-state index is 7.41. The molecule has 1 aromatic heterocycles. The summed E-state index contributed by atoms with van der Waals surface area (Å²) in [6.45, 7) is 10.5. The van der Waals surface area contributed by atoms with Gasteiger partial charge in [-0.25, -0.2) is 4.85 Å². The van der Waals surface area contributed by atoms with Gasteiger partial charge in [-0.1, -0.05) is 18.2 Å². The Morgan fingerprint density at radius 3 is 2.53 bits per heavy atom. The van der Waals surface area contributed by atoms with Gasteiger partial charge in [0.25, 0.3) is 0 Å². The number of benzene rings is 3. The summed E-state index contributed by atoms with van der Waals surface area (Å²) < 4.78 is 12.8. The molecular formula is C25H23N3O2. The lowest BCUT2D eigenvalue weighted by Crippen LogP contribution is -2.04. The average Bonchev–Trinajstić information content (AvgIpc) is 3.15. The Hall–Kier alpha value is -3.75. The summed E-state index contributed by atoms with van der Waals surface area (Å²) in [6, 6.07) is 19.7. The minimum absolute atomic E-state index is 0.514. The van der Waals surface area contributed by atoms with Gasteiger partial charge in [-0.2, -0.15) is 0 Å². The molecule has 0 aliphatic carbocycles. The second kappa shape index (κ2) is 8.32. The van der Waals surface area contributed by atoms with Crippen LogP contribution in [0.25, 0.3) is 32.6 Å². The van der Waals surface area contributed by atoms with E-state index < -0.39 is 0 Å². The number of nitrogens with zero attached hydrogens (tertiary/aromatic N) is 2. The number of hydrogen-bond acceptors (Lipinski definition) is 3. The zero-order valence-electron chi connectivity index (χ0n) is 17.1. The molecule has 4 aromatic rings. The van der Waals surface area contributed by atoms with E-state index in [2.05, 4.69) is 21.7 Å². The van der Waals surface area contributed by atoms with Crippen molar-refractivity contribution in [3.63, 3.8) is 0 Å². The van der Waals surface area contributed by atoms with Crippen LogP contribution in [0.5, 0.6) is 5.75 Å². The topological polar surface area (TPSA) is 53.8 Å². The molecule has 0 saturated carbocycles. The predicted molar refractivity (Wildman–Crippen MR) is 121 cm³/mol. The first kappa shape index (κ1) is 19.6. The lowest BCUT2D eigenvalue weighted by Gasteiger charge is -2.09. The number of fused-ring (bicyclic) bond motifs is 1. The molecule has 0 aliphatic heterocycles. The summed E-state index contributed by atoms with van der Waals surface area (Å²) in [5.41, 5.74) is 12.7. The van der Waals surface area contributed by atoms with Crippen molar-refractivity contribution in [3.8, 4) is 22.6 Å². The van der Waals surface area contributed by atoms with Gasteiger partial charge in [0.1, 0.15) is 12.4 Å². The first-order valence-electron chi connectivity index (χ1n) is 9.72. The quantitative estimate of drug-likeness (QED) is 0.255. The summed E-state index contributed by atoms with van der Waals surface area (Å²) in [5.74, 6) is 0.800. The van der Waals surface area contributed by atoms with E-state index in [0.717, 1.165) is 44.7 Å². The molecule has 0 radical (unpaired) electrons. The predicted octanol–water partition coefficient (Wildman–Crippen LogP) is 5.76. The highest BCUT2D eigenvalue weighted by Crippen LogP contribution is 2.37. The van der Waals surface area contributed by atoms with Gasteiger partial charge in [-0.05, 0) is 65.9 Å². The van der Waals surface area contributed by atoms with Crippen molar-refractivity contribution < 1.29 is 9.47 Å². The molecule has 4 rings (SSSR count). The van der Waals surface area contributed by atoms with Gasteiger partial charge < -0.3 is 19.8 Å². The van der Waals surface area contributed by atoms with Crippen LogP contribution in [0.2, 0.25) is 0 Å². The van der Waals surface area contributed by atoms with Gasteiger partial charge in [0, 0.05) is 30.2 Å². The van der Waals surface area contributed by atoms with Gasteiger partial charge >= 0.3 is 0 Å². The number of anilines is 1. The van der Waals surface area contributed by atoms with Crippen molar-refractivity contribution >= 4 is 22.3 Å². The summed E-state index contributed by atoms with van der Waals surface area (Å²) in [7, 11) is 1.66. The van der Waals surface area contributed by atoms with Crippen LogP contribution >= 0.6 is 0 Å². The lowest BCUT2D eigenvalue weighted by molar-refractivity contribution is 0.146. The molecule has 0 unspecified atom stereocenters. The molecule has 0 atom stereocenters. The number of rotatable bonds is 6. The fourth-order valence-corrected chi connectivity index (χ4v) is 3.61. The van der Waals surface area contributed by atoms with Gasteiger partial charge in [0.05, 0.1) is 18.7 Å². The Labute approximate surface area is 176 Å². The van der Waals surface area contributed by atoms with Crippen LogP contribution in [0.1, 0.15) is 5.56 Å². The highest BCUT2D eigenvalue weighted by atomic mass is 16.5. The molecule has 0 saturated heterocycles. The fourth-order valence-electron chi connectivity index (χ4n) is 3.61. The molecule has 0 bridgehead atoms. The molecule has 2 N–H and O–H groups in total. The van der Waals surface area contributed by atoms with Gasteiger partial charge in [-0.3, -0.25) is 0 Å². The second-order valence-electron chi connectivity index (χ2n) is 7.08. The highest BCUT2D eigenvalue weighted by Gasteiger charge is 2.15. The zero-order chi connectivity index (χ0) is 21.1. The first-order valence-corrected chi connectivity index (χ1v) is 9.72. The van der Waals surface area contributed by atoms with E-state index >= 15 is 0 Å². The van der Waals surface area contributed by atoms with Crippen LogP contribution in [0.4, 0.5) is 11.4 Å². The smallest absolute Gasteiger partial charge is 0.188 e. The number of aromatic nitrogens is 1. The Morgan fingerprint density at radius 2 is 1.80 bits per heavy atom. The molecule has 0 amide bonds. The molecule has 3 aromatic carbocycles. The zero-order valence-corrected chi connectivity index (χ0v) is 17.1. The molecule has 0 fully saturated rings. The molecule has 1 heterocycles. The average molecular weight is 397 g/mol. The van der Waals surface area contributed by atoms with Gasteiger partial charge in [-0.15, -0.1) is 0 Å². The normalized spacial score (nSPS) is 10.8. The Morgan fingerprint density at radius 1 is 1.00 bits per heavy atom. The van der Waals surface area contributed by atoms with E-state index in [1.807, 2.05) is 61.5 Å². The van der Waals surface area contributed by atoms with Crippen molar-refractivity contribution in [2.45, 2.75) is 6.92 Å². The molecule has 150 valence electrons. The minimum atomic E-state index is 0.514. The largest absolute Gasteiger partial charge is 0.491 e. The standard InChI is InChI=1S/C25H23N3O2/c1-17-21(5-4-6-24(17)26)23-16-28(25-12-7-18(27-2)15-22(23)25)19-8-10-20(11-9-19)30-14-13-29-3/h4-12,15-16H,13-14,26H2,1,3H3. The van der Waals surface area contributed by atoms with Crippen LogP contribution in [0.3, 0.4) is 0 Å². The SMILES string of the molecule is [C-]#[N+]c1ccc2c(c1)c(-c1cccc(N)c1C)cn2-c1ccc(OCCOC)cc1. The maximum absolute atomic E-state index is 7.41. The first-order chi connectivity index (χ1) is 14.6. The number of hydrogen-bond donors (Lipinski definition) is 1. The van der Waals surface area contributed by atoms with E-state index in [1.165, 1.54) is 0 Å². The van der Waals surface area contributed by atoms with E-state index in [1.54, 1.807) is 7.11 Å². The molecule has 5 nitrogen and oxygen atoms in total. The third-order valence-electron chi connectivity index (χ3n) is 5.25. The molecule has 0 spiro atoms. The number of nitrogens with two attached hydrogens (primary N) is 1. The highest BCUT2D eigenvalue weighted by molar-refractivity contribution is 6.00. The molecular weight excluding hydrogens is 374 g/mol. The number of ether oxygens (including phenoxy) is 2. The summed E-state index contributed by atoms with van der Waals surface area (Å²) in [5, 5.41) is 1.03. The van der Waals surface area contributed by atoms with Crippen LogP contribution in [-0.2, 0) is 4.74 Å². The maximum Gasteiger partial charge on any atom is 0.188 e. The van der Waals surface area contributed by atoms with Crippen LogP contribution in [0.15, 0.2) is 66.9 Å². The Kier molecular flexibility index (Phi) is 5.42. The van der Waals surface area contributed by atoms with Crippen molar-refractivity contribution in [3.05, 3.63) is 83.8 Å². The van der Waals surface area contributed by atoms with Crippen LogP contribution in [-0.4, -0.2) is 24.9 Å². The van der Waals surface area contributed by atoms with Crippen LogP contribution < -0.4 is 10.5 Å². The lowest BCUT2D eigenvalue weighted by atomic mass is 9.99.